The molecule has 0 bridgehead atoms. The van der Waals surface area contributed by atoms with Crippen LogP contribution < -0.4 is 5.73 Å². The molecule has 0 saturated carbocycles. The Morgan fingerprint density at radius 1 is 0.983 bits per heavy atom. The number of hydrogen-bond donors (Lipinski definition) is 2. The van der Waals surface area contributed by atoms with Gasteiger partial charge in [-0.2, -0.15) is 0 Å². The number of Topliss-reactive ketones (excluding diaryl/α,β-unsaturated/α-hetero) is 2. The third-order valence-electron chi connectivity index (χ3n) is 13.2. The number of ketones is 2. The van der Waals surface area contributed by atoms with Crippen molar-refractivity contribution in [1.82, 2.24) is 29.3 Å². The third kappa shape index (κ3) is 9.70. The van der Waals surface area contributed by atoms with Crippen molar-refractivity contribution in [1.29, 1.82) is 0 Å². The topological polar surface area (TPSA) is 211 Å². The highest BCUT2D eigenvalue weighted by atomic mass is 16.7. The van der Waals surface area contributed by atoms with E-state index in [1.165, 1.54) is 14.0 Å². The van der Waals surface area contributed by atoms with Crippen molar-refractivity contribution in [2.75, 3.05) is 33.0 Å². The number of imidazole rings is 1. The van der Waals surface area contributed by atoms with Crippen LogP contribution in [0.2, 0.25) is 0 Å². The lowest BCUT2D eigenvalue weighted by Gasteiger charge is -2.47. The van der Waals surface area contributed by atoms with E-state index in [0.29, 0.717) is 38.0 Å². The molecule has 0 aromatic carbocycles. The van der Waals surface area contributed by atoms with E-state index in [9.17, 15) is 24.3 Å². The predicted molar refractivity (Wildman–Crippen MR) is 221 cm³/mol. The van der Waals surface area contributed by atoms with Crippen LogP contribution in [0.4, 0.5) is 10.7 Å². The fraction of sp³-hybridized carbons (Fsp3) is 0.744. The van der Waals surface area contributed by atoms with Crippen LogP contribution in [0.5, 0.6) is 0 Å². The number of methoxy groups -OCH3 is 1. The largest absolute Gasteiger partial charge is 0.458 e. The minimum atomic E-state index is -1.42. The number of esters is 1. The number of nitrogen functional groups attached to an aromatic ring is 1. The molecule has 1 amide bonds. The second-order valence-electron chi connectivity index (χ2n) is 17.5. The number of carbonyl (C=O) groups excluding carboxylic acids is 4. The number of anilines is 1. The van der Waals surface area contributed by atoms with Gasteiger partial charge >= 0.3 is 12.1 Å². The first-order valence-corrected chi connectivity index (χ1v) is 21.4. The molecule has 3 N–H and O–H groups in total. The number of aliphatic hydroxyl groups is 1. The number of hydrogen-bond acceptors (Lipinski definition) is 15. The van der Waals surface area contributed by atoms with Crippen LogP contribution in [-0.2, 0) is 44.6 Å². The van der Waals surface area contributed by atoms with Crippen molar-refractivity contribution in [2.24, 2.45) is 23.7 Å². The molecule has 3 aliphatic heterocycles. The fourth-order valence-electron chi connectivity index (χ4n) is 9.55. The number of nitrogens with two attached hydrogens (primary N) is 1. The van der Waals surface area contributed by atoms with Crippen LogP contribution in [0.25, 0.3) is 11.3 Å². The number of cyclic esters (lactones) is 1. The van der Waals surface area contributed by atoms with E-state index in [4.69, 9.17) is 29.4 Å². The Morgan fingerprint density at radius 2 is 1.65 bits per heavy atom. The summed E-state index contributed by atoms with van der Waals surface area (Å²) in [5.74, 6) is -4.84. The number of carbonyl (C=O) groups is 4. The normalized spacial score (nSPS) is 35.9. The highest BCUT2D eigenvalue weighted by molar-refractivity contribution is 6.00. The van der Waals surface area contributed by atoms with Crippen molar-refractivity contribution < 1.29 is 48.0 Å². The Kier molecular flexibility index (Phi) is 15.2. The Hall–Kier alpha value is -4.03. The van der Waals surface area contributed by atoms with E-state index in [2.05, 4.69) is 15.0 Å². The van der Waals surface area contributed by atoms with Gasteiger partial charge in [0.25, 0.3) is 0 Å². The Labute approximate surface area is 354 Å². The van der Waals surface area contributed by atoms with Gasteiger partial charge in [0.2, 0.25) is 5.95 Å². The van der Waals surface area contributed by atoms with E-state index in [0.717, 1.165) is 5.56 Å². The van der Waals surface area contributed by atoms with Crippen molar-refractivity contribution >= 4 is 29.6 Å². The summed E-state index contributed by atoms with van der Waals surface area (Å²) in [7, 11) is 3.42. The van der Waals surface area contributed by atoms with Crippen molar-refractivity contribution in [3.63, 3.8) is 0 Å². The van der Waals surface area contributed by atoms with Gasteiger partial charge in [-0.25, -0.2) is 19.7 Å². The maximum absolute atomic E-state index is 14.7. The molecule has 17 nitrogen and oxygen atoms in total. The molecule has 17 heteroatoms. The van der Waals surface area contributed by atoms with E-state index >= 15 is 0 Å². The first kappa shape index (κ1) is 47.0. The molecule has 0 spiro atoms. The molecule has 5 rings (SSSR count). The smallest absolute Gasteiger partial charge is 0.410 e. The second kappa shape index (κ2) is 19.3. The molecule has 2 aromatic rings. The number of nitrogens with zero attached hydrogens (tertiary/aromatic N) is 6. The molecule has 2 aromatic heterocycles. The van der Waals surface area contributed by atoms with Crippen LogP contribution in [0, 0.1) is 23.7 Å². The molecule has 0 aliphatic carbocycles. The molecule has 3 aliphatic rings. The maximum Gasteiger partial charge on any atom is 0.410 e. The van der Waals surface area contributed by atoms with E-state index in [1.807, 2.05) is 43.5 Å². The number of unbranched alkanes of at least 4 members (excludes halogenated alkanes) is 1. The third-order valence-corrected chi connectivity index (χ3v) is 13.2. The summed E-state index contributed by atoms with van der Waals surface area (Å²) in [6.45, 7) is 17.5. The molecule has 3 saturated heterocycles. The van der Waals surface area contributed by atoms with Crippen LogP contribution in [-0.4, -0.2) is 139 Å². The van der Waals surface area contributed by atoms with Gasteiger partial charge in [-0.1, -0.05) is 34.6 Å². The molecule has 5 heterocycles. The first-order valence-electron chi connectivity index (χ1n) is 21.4. The van der Waals surface area contributed by atoms with Gasteiger partial charge in [0.1, 0.15) is 23.9 Å². The highest BCUT2D eigenvalue weighted by Gasteiger charge is 2.60. The van der Waals surface area contributed by atoms with Crippen molar-refractivity contribution in [2.45, 2.75) is 155 Å². The summed E-state index contributed by atoms with van der Waals surface area (Å²) in [4.78, 5) is 73.2. The molecule has 13 atom stereocenters. The number of fused-ring (bicyclic) bond motifs is 1. The summed E-state index contributed by atoms with van der Waals surface area (Å²) in [5, 5.41) is 11.6. The summed E-state index contributed by atoms with van der Waals surface area (Å²) in [5.41, 5.74) is 4.37. The van der Waals surface area contributed by atoms with Crippen LogP contribution in [0.1, 0.15) is 94.4 Å². The fourth-order valence-corrected chi connectivity index (χ4v) is 9.55. The van der Waals surface area contributed by atoms with Gasteiger partial charge in [-0.15, -0.1) is 0 Å². The number of aromatic nitrogens is 4. The van der Waals surface area contributed by atoms with Gasteiger partial charge in [-0.05, 0) is 73.4 Å². The van der Waals surface area contributed by atoms with Gasteiger partial charge in [0, 0.05) is 68.1 Å². The van der Waals surface area contributed by atoms with Crippen molar-refractivity contribution in [3.05, 3.63) is 24.9 Å². The average Bonchev–Trinajstić information content (AvgIpc) is 3.80. The average molecular weight is 842 g/mol. The number of ether oxygens (including phenoxy) is 5. The first-order chi connectivity index (χ1) is 28.3. The lowest BCUT2D eigenvalue weighted by molar-refractivity contribution is -0.296. The molecule has 334 valence electrons. The number of likely N-dealkylation sites (N-methyl/N-ethyl adjacent to an activating group) is 1. The number of rotatable bonds is 12. The standard InChI is InChI=1S/C43H67N7O10/c1-12-32-43(9)36(50(41(55)60-43)17-15-14-16-49-22-30(47-23-49)29-20-45-40(44)46-21-29)26(5)33(51)24(3)19-42(8,56-11)37(27(6)34(52)28(7)38(54)58-32)59-39-35(53)31(48(10)13-2)18-25(4)57-39/h20-28,31-32,35-37,39,53H,12-19H2,1-11H3,(H2,44,45,46)/t24-,25-,26+,27+,28-,31+,32-,35-,36+,37-,39+,42-,43-/m1/s1. The number of aryl methyl sites for hydroxylation is 1. The van der Waals surface area contributed by atoms with E-state index < -0.39 is 83.4 Å². The molecule has 60 heavy (non-hydrogen) atoms. The molecular formula is C43H67N7O10. The Balaban J connectivity index is 1.43. The summed E-state index contributed by atoms with van der Waals surface area (Å²) >= 11 is 0. The van der Waals surface area contributed by atoms with Crippen LogP contribution >= 0.6 is 0 Å². The summed E-state index contributed by atoms with van der Waals surface area (Å²) in [6, 6.07) is -1.08. The summed E-state index contributed by atoms with van der Waals surface area (Å²) in [6.07, 6.45) is 3.95. The molecule has 3 fully saturated rings. The monoisotopic (exact) mass is 841 g/mol. The van der Waals surface area contributed by atoms with Gasteiger partial charge in [-0.3, -0.25) is 14.4 Å². The van der Waals surface area contributed by atoms with Gasteiger partial charge < -0.3 is 48.9 Å². The second-order valence-corrected chi connectivity index (χ2v) is 17.5. The van der Waals surface area contributed by atoms with Gasteiger partial charge in [0.05, 0.1) is 35.9 Å². The maximum atomic E-state index is 14.7. The zero-order chi connectivity index (χ0) is 44.3. The molecular weight excluding hydrogens is 775 g/mol. The minimum Gasteiger partial charge on any atom is -0.458 e. The zero-order valence-electron chi connectivity index (χ0n) is 37.2. The predicted octanol–water partition coefficient (Wildman–Crippen LogP) is 4.30. The molecule has 0 unspecified atom stereocenters. The summed E-state index contributed by atoms with van der Waals surface area (Å²) < 4.78 is 33.3. The Morgan fingerprint density at radius 3 is 2.28 bits per heavy atom. The lowest BCUT2D eigenvalue weighted by atomic mass is 9.73. The zero-order valence-corrected chi connectivity index (χ0v) is 37.2. The van der Waals surface area contributed by atoms with Crippen LogP contribution in [0.15, 0.2) is 24.9 Å². The van der Waals surface area contributed by atoms with Crippen molar-refractivity contribution in [3.8, 4) is 11.3 Å². The molecule has 0 radical (unpaired) electrons. The van der Waals surface area contributed by atoms with E-state index in [-0.39, 0.29) is 43.3 Å². The van der Waals surface area contributed by atoms with Crippen LogP contribution in [0.3, 0.4) is 0 Å². The van der Waals surface area contributed by atoms with E-state index in [1.54, 1.807) is 58.2 Å². The SMILES string of the molecule is CC[C@H]1OC(=O)[C@H](C)C(=O)[C@H](C)[C@@H](O[C@@H]2O[C@H](C)C[C@H](N(C)CC)[C@H]2O)[C@](C)(OC)C[C@@H](C)C(=O)[C@H](C)[C@@H]2N(CCCCn3cnc(-c4cnc(N)nc4)c3)C(=O)O[C@@]21C. The Bertz CT molecular complexity index is 1810. The quantitative estimate of drug-likeness (QED) is 0.173. The number of aliphatic hydroxyl groups excluding tert-OH is 1. The minimum absolute atomic E-state index is 0.120. The van der Waals surface area contributed by atoms with Gasteiger partial charge in [0.15, 0.2) is 17.7 Å². The number of amides is 1. The highest BCUT2D eigenvalue weighted by Crippen LogP contribution is 2.43. The lowest BCUT2D eigenvalue weighted by Crippen LogP contribution is -2.60.